The van der Waals surface area contributed by atoms with Crippen molar-refractivity contribution >= 4 is 79.4 Å². The average Bonchev–Trinajstić information content (AvgIpc) is 3.28. The summed E-state index contributed by atoms with van der Waals surface area (Å²) in [4.78, 5) is 33.0. The maximum atomic E-state index is 13.6. The number of anilines is 2. The molecule has 0 atom stereocenters. The molecule has 2 amide bonds. The summed E-state index contributed by atoms with van der Waals surface area (Å²) >= 11 is 11.0. The van der Waals surface area contributed by atoms with Gasteiger partial charge in [0.2, 0.25) is 0 Å². The first-order valence-corrected chi connectivity index (χ1v) is 14.8. The number of amidine groups is 1. The lowest BCUT2D eigenvalue weighted by molar-refractivity contribution is -0.118. The second-order valence-electron chi connectivity index (χ2n) is 9.15. The Kier molecular flexibility index (Phi) is 9.31. The molecular formula is C32H25BrClN3O4S. The normalized spacial score (nSPS) is 14.9. The summed E-state index contributed by atoms with van der Waals surface area (Å²) in [6.45, 7) is 1.64. The molecule has 0 aliphatic carbocycles. The molecule has 0 spiro atoms. The van der Waals surface area contributed by atoms with E-state index in [9.17, 15) is 9.59 Å². The van der Waals surface area contributed by atoms with E-state index >= 15 is 0 Å². The Morgan fingerprint density at radius 1 is 1.05 bits per heavy atom. The van der Waals surface area contributed by atoms with Crippen LogP contribution in [0.5, 0.6) is 11.5 Å². The number of aryl methyl sites for hydroxylation is 1. The molecule has 0 bridgehead atoms. The lowest BCUT2D eigenvalue weighted by Gasteiger charge is -2.15. The molecule has 0 aromatic heterocycles. The SMILES string of the molecule is COc1cc(/C=C2\SC(=Nc3ccccc3)N(c3ccccc3)C2=O)cc(Br)c1OCC(=O)Nc1ccc(C)c(Cl)c1. The van der Waals surface area contributed by atoms with Crippen LogP contribution < -0.4 is 19.7 Å². The number of carbonyl (C=O) groups is 2. The number of nitrogens with zero attached hydrogens (tertiary/aromatic N) is 2. The molecule has 7 nitrogen and oxygen atoms in total. The lowest BCUT2D eigenvalue weighted by atomic mass is 10.1. The molecular weight excluding hydrogens is 638 g/mol. The van der Waals surface area contributed by atoms with Gasteiger partial charge in [-0.1, -0.05) is 54.1 Å². The highest BCUT2D eigenvalue weighted by Gasteiger charge is 2.34. The van der Waals surface area contributed by atoms with Crippen molar-refractivity contribution in [2.75, 3.05) is 23.9 Å². The predicted octanol–water partition coefficient (Wildman–Crippen LogP) is 8.25. The zero-order valence-electron chi connectivity index (χ0n) is 22.6. The Morgan fingerprint density at radius 2 is 1.76 bits per heavy atom. The second kappa shape index (κ2) is 13.3. The summed E-state index contributed by atoms with van der Waals surface area (Å²) in [5.74, 6) is 0.216. The van der Waals surface area contributed by atoms with Crippen LogP contribution in [0, 0.1) is 6.92 Å². The summed E-state index contributed by atoms with van der Waals surface area (Å²) in [7, 11) is 1.51. The summed E-state index contributed by atoms with van der Waals surface area (Å²) in [6.07, 6.45) is 1.78. The van der Waals surface area contributed by atoms with Gasteiger partial charge in [0.1, 0.15) is 0 Å². The Labute approximate surface area is 261 Å². The summed E-state index contributed by atoms with van der Waals surface area (Å²) in [5, 5.41) is 3.88. The average molecular weight is 663 g/mol. The topological polar surface area (TPSA) is 80.2 Å². The summed E-state index contributed by atoms with van der Waals surface area (Å²) in [6, 6.07) is 27.7. The van der Waals surface area contributed by atoms with E-state index in [0.717, 1.165) is 16.9 Å². The fraction of sp³-hybridized carbons (Fsp3) is 0.0938. The molecule has 0 saturated carbocycles. The molecule has 1 saturated heterocycles. The Bertz CT molecular complexity index is 1700. The van der Waals surface area contributed by atoms with Crippen LogP contribution in [0.2, 0.25) is 5.02 Å². The zero-order chi connectivity index (χ0) is 29.6. The first kappa shape index (κ1) is 29.4. The van der Waals surface area contributed by atoms with Crippen LogP contribution in [-0.2, 0) is 9.59 Å². The van der Waals surface area contributed by atoms with E-state index in [1.807, 2.05) is 73.7 Å². The third kappa shape index (κ3) is 6.87. The number of nitrogens with one attached hydrogen (secondary N) is 1. The number of rotatable bonds is 8. The number of carbonyl (C=O) groups excluding carboxylic acids is 2. The van der Waals surface area contributed by atoms with Crippen molar-refractivity contribution < 1.29 is 19.1 Å². The van der Waals surface area contributed by atoms with Gasteiger partial charge in [-0.3, -0.25) is 14.5 Å². The van der Waals surface area contributed by atoms with Crippen molar-refractivity contribution in [2.45, 2.75) is 6.92 Å². The van der Waals surface area contributed by atoms with Crippen molar-refractivity contribution in [3.8, 4) is 11.5 Å². The van der Waals surface area contributed by atoms with Crippen LogP contribution in [0.25, 0.3) is 6.08 Å². The molecule has 5 rings (SSSR count). The van der Waals surface area contributed by atoms with E-state index in [4.69, 9.17) is 26.1 Å². The highest BCUT2D eigenvalue weighted by Crippen LogP contribution is 2.40. The van der Waals surface area contributed by atoms with Crippen LogP contribution >= 0.6 is 39.3 Å². The van der Waals surface area contributed by atoms with Crippen molar-refractivity contribution in [2.24, 2.45) is 4.99 Å². The Balaban J connectivity index is 1.38. The van der Waals surface area contributed by atoms with Crippen LogP contribution in [0.4, 0.5) is 17.1 Å². The molecule has 42 heavy (non-hydrogen) atoms. The number of methoxy groups -OCH3 is 1. The van der Waals surface area contributed by atoms with E-state index < -0.39 is 0 Å². The van der Waals surface area contributed by atoms with E-state index in [1.54, 1.807) is 35.2 Å². The Morgan fingerprint density at radius 3 is 2.45 bits per heavy atom. The third-order valence-corrected chi connectivity index (χ3v) is 8.12. The van der Waals surface area contributed by atoms with Gasteiger partial charge in [-0.25, -0.2) is 4.99 Å². The highest BCUT2D eigenvalue weighted by atomic mass is 79.9. The minimum Gasteiger partial charge on any atom is -0.493 e. The quantitative estimate of drug-likeness (QED) is 0.192. The zero-order valence-corrected chi connectivity index (χ0v) is 25.8. The summed E-state index contributed by atoms with van der Waals surface area (Å²) in [5.41, 5.74) is 3.66. The number of para-hydroxylation sites is 2. The number of amides is 2. The first-order chi connectivity index (χ1) is 20.3. The molecule has 4 aromatic carbocycles. The van der Waals surface area contributed by atoms with Gasteiger partial charge in [-0.2, -0.15) is 0 Å². The third-order valence-electron chi connectivity index (χ3n) is 6.15. The van der Waals surface area contributed by atoms with Crippen LogP contribution in [0.15, 0.2) is 105 Å². The minimum atomic E-state index is -0.353. The van der Waals surface area contributed by atoms with Gasteiger partial charge in [0, 0.05) is 10.7 Å². The Hall–Kier alpha value is -4.05. The number of aliphatic imine (C=N–C) groups is 1. The van der Waals surface area contributed by atoms with Crippen LogP contribution in [-0.4, -0.2) is 30.7 Å². The lowest BCUT2D eigenvalue weighted by Crippen LogP contribution is -2.28. The number of halogens is 2. The smallest absolute Gasteiger partial charge is 0.271 e. The van der Waals surface area contributed by atoms with Crippen molar-refractivity contribution in [3.63, 3.8) is 0 Å². The molecule has 1 fully saturated rings. The maximum Gasteiger partial charge on any atom is 0.271 e. The molecule has 1 aliphatic rings. The van der Waals surface area contributed by atoms with Crippen molar-refractivity contribution in [1.29, 1.82) is 0 Å². The standard InChI is InChI=1S/C32H25BrClN3O4S/c1-20-13-14-23(18-26(20)34)35-29(38)19-41-30-25(33)15-21(16-27(30)40-2)17-28-31(39)37(24-11-7-4-8-12-24)32(42-28)36-22-9-5-3-6-10-22/h3-18H,19H2,1-2H3,(H,35,38)/b28-17-,36-32?. The molecule has 4 aromatic rings. The van der Waals surface area contributed by atoms with Gasteiger partial charge in [0.25, 0.3) is 11.8 Å². The van der Waals surface area contributed by atoms with Crippen LogP contribution in [0.3, 0.4) is 0 Å². The number of hydrogen-bond donors (Lipinski definition) is 1. The van der Waals surface area contributed by atoms with E-state index in [1.165, 1.54) is 18.9 Å². The van der Waals surface area contributed by atoms with Gasteiger partial charge in [-0.05, 0) is 100 Å². The fourth-order valence-electron chi connectivity index (χ4n) is 4.09. The predicted molar refractivity (Wildman–Crippen MR) is 174 cm³/mol. The fourth-order valence-corrected chi connectivity index (χ4v) is 5.84. The molecule has 1 N–H and O–H groups in total. The highest BCUT2D eigenvalue weighted by molar-refractivity contribution is 9.10. The van der Waals surface area contributed by atoms with E-state index in [0.29, 0.717) is 42.3 Å². The molecule has 0 radical (unpaired) electrons. The molecule has 1 heterocycles. The monoisotopic (exact) mass is 661 g/mol. The largest absolute Gasteiger partial charge is 0.493 e. The first-order valence-electron chi connectivity index (χ1n) is 12.8. The van der Waals surface area contributed by atoms with Crippen molar-refractivity contribution in [3.05, 3.63) is 117 Å². The maximum absolute atomic E-state index is 13.6. The molecule has 0 unspecified atom stereocenters. The van der Waals surface area contributed by atoms with Gasteiger partial charge in [-0.15, -0.1) is 0 Å². The summed E-state index contributed by atoms with van der Waals surface area (Å²) < 4.78 is 11.9. The number of benzene rings is 4. The van der Waals surface area contributed by atoms with E-state index in [2.05, 4.69) is 21.2 Å². The van der Waals surface area contributed by atoms with Crippen LogP contribution in [0.1, 0.15) is 11.1 Å². The molecule has 1 aliphatic heterocycles. The van der Waals surface area contributed by atoms with Gasteiger partial charge < -0.3 is 14.8 Å². The minimum absolute atomic E-state index is 0.191. The molecule has 212 valence electrons. The van der Waals surface area contributed by atoms with Gasteiger partial charge in [0.15, 0.2) is 23.3 Å². The number of thioether (sulfide) groups is 1. The van der Waals surface area contributed by atoms with Gasteiger partial charge in [0.05, 0.1) is 27.9 Å². The number of ether oxygens (including phenoxy) is 2. The molecule has 10 heteroatoms. The van der Waals surface area contributed by atoms with Gasteiger partial charge >= 0.3 is 0 Å². The van der Waals surface area contributed by atoms with Crippen molar-refractivity contribution in [1.82, 2.24) is 0 Å². The van der Waals surface area contributed by atoms with E-state index in [-0.39, 0.29) is 18.4 Å². The number of hydrogen-bond acceptors (Lipinski definition) is 6. The second-order valence-corrected chi connectivity index (χ2v) is 11.4.